The van der Waals surface area contributed by atoms with Gasteiger partial charge < -0.3 is 5.11 Å². The zero-order valence-corrected chi connectivity index (χ0v) is 13.0. The van der Waals surface area contributed by atoms with Crippen LogP contribution in [0.5, 0.6) is 0 Å². The molecule has 0 radical (unpaired) electrons. The molecule has 0 aromatic heterocycles. The molecule has 0 spiro atoms. The minimum atomic E-state index is -0.776. The van der Waals surface area contributed by atoms with Crippen LogP contribution >= 0.6 is 0 Å². The predicted molar refractivity (Wildman–Crippen MR) is 78.8 cm³/mol. The van der Waals surface area contributed by atoms with Gasteiger partial charge in [0.05, 0.1) is 13.1 Å². The lowest BCUT2D eigenvalue weighted by Crippen LogP contribution is -2.41. The van der Waals surface area contributed by atoms with E-state index in [9.17, 15) is 9.59 Å². The average molecular weight is 284 g/mol. The Bertz CT molecular complexity index is 337. The number of carbonyl (C=O) groups excluding carboxylic acids is 1. The monoisotopic (exact) mass is 284 g/mol. The average Bonchev–Trinajstić information content (AvgIpc) is 2.41. The number of nitrogens with zero attached hydrogens (tertiary/aromatic N) is 2. The molecular formula is C15H28N2O3. The van der Waals surface area contributed by atoms with Crippen molar-refractivity contribution in [3.63, 3.8) is 0 Å². The zero-order chi connectivity index (χ0) is 15.2. The fraction of sp³-hybridized carbons (Fsp3) is 0.867. The molecule has 0 atom stereocenters. The Balaban J connectivity index is 2.54. The van der Waals surface area contributed by atoms with Crippen LogP contribution in [-0.4, -0.2) is 65.9 Å². The molecule has 0 aliphatic carbocycles. The van der Waals surface area contributed by atoms with Gasteiger partial charge in [0.15, 0.2) is 5.78 Å². The van der Waals surface area contributed by atoms with Gasteiger partial charge in [0.2, 0.25) is 0 Å². The lowest BCUT2D eigenvalue weighted by molar-refractivity contribution is -0.138. The number of carboxylic acids is 1. The SMILES string of the molecule is CC(C)(C)C(=O)CN1CCCCCN(CC(=O)O)CC1. The molecule has 0 saturated carbocycles. The van der Waals surface area contributed by atoms with Crippen molar-refractivity contribution in [2.45, 2.75) is 40.0 Å². The minimum Gasteiger partial charge on any atom is -0.480 e. The molecule has 1 aliphatic rings. The quantitative estimate of drug-likeness (QED) is 0.847. The second kappa shape index (κ2) is 7.74. The fourth-order valence-corrected chi connectivity index (χ4v) is 2.30. The third kappa shape index (κ3) is 6.48. The van der Waals surface area contributed by atoms with Gasteiger partial charge in [0, 0.05) is 18.5 Å². The van der Waals surface area contributed by atoms with Crippen molar-refractivity contribution < 1.29 is 14.7 Å². The zero-order valence-electron chi connectivity index (χ0n) is 13.0. The number of ketones is 1. The first-order valence-corrected chi connectivity index (χ1v) is 7.49. The summed E-state index contributed by atoms with van der Waals surface area (Å²) in [6.07, 6.45) is 3.21. The lowest BCUT2D eigenvalue weighted by Gasteiger charge is -2.27. The van der Waals surface area contributed by atoms with E-state index in [-0.39, 0.29) is 17.7 Å². The highest BCUT2D eigenvalue weighted by Crippen LogP contribution is 2.16. The topological polar surface area (TPSA) is 60.9 Å². The van der Waals surface area contributed by atoms with Gasteiger partial charge in [0.1, 0.15) is 0 Å². The Labute approximate surface area is 121 Å². The Hall–Kier alpha value is -0.940. The summed E-state index contributed by atoms with van der Waals surface area (Å²) in [6.45, 7) is 9.69. The maximum atomic E-state index is 12.1. The first-order valence-electron chi connectivity index (χ1n) is 7.49. The first-order chi connectivity index (χ1) is 9.29. The van der Waals surface area contributed by atoms with Crippen molar-refractivity contribution in [2.24, 2.45) is 5.41 Å². The van der Waals surface area contributed by atoms with Crippen LogP contribution in [0.15, 0.2) is 0 Å². The second-order valence-corrected chi connectivity index (χ2v) is 6.68. The summed E-state index contributed by atoms with van der Waals surface area (Å²) in [5.41, 5.74) is -0.306. The summed E-state index contributed by atoms with van der Waals surface area (Å²) in [6, 6.07) is 0. The van der Waals surface area contributed by atoms with E-state index in [1.807, 2.05) is 25.7 Å². The van der Waals surface area contributed by atoms with Gasteiger partial charge in [0.25, 0.3) is 0 Å². The molecule has 5 heteroatoms. The number of Topliss-reactive ketones (excluding diaryl/α,β-unsaturated/α-hetero) is 1. The minimum absolute atomic E-state index is 0.0983. The molecule has 5 nitrogen and oxygen atoms in total. The van der Waals surface area contributed by atoms with Crippen LogP contribution in [0.4, 0.5) is 0 Å². The molecule has 1 saturated heterocycles. The number of hydrogen-bond acceptors (Lipinski definition) is 4. The van der Waals surface area contributed by atoms with Gasteiger partial charge in [-0.2, -0.15) is 0 Å². The van der Waals surface area contributed by atoms with Crippen molar-refractivity contribution in [3.05, 3.63) is 0 Å². The number of aliphatic carboxylic acids is 1. The largest absolute Gasteiger partial charge is 0.480 e. The highest BCUT2D eigenvalue weighted by atomic mass is 16.4. The van der Waals surface area contributed by atoms with Crippen molar-refractivity contribution in [1.29, 1.82) is 0 Å². The summed E-state index contributed by atoms with van der Waals surface area (Å²) in [5, 5.41) is 8.91. The van der Waals surface area contributed by atoms with Crippen LogP contribution < -0.4 is 0 Å². The summed E-state index contributed by atoms with van der Waals surface area (Å²) in [5.74, 6) is -0.525. The van der Waals surface area contributed by atoms with E-state index in [1.54, 1.807) is 0 Å². The molecular weight excluding hydrogens is 256 g/mol. The summed E-state index contributed by atoms with van der Waals surface area (Å²) >= 11 is 0. The molecule has 116 valence electrons. The van der Waals surface area contributed by atoms with Crippen molar-refractivity contribution in [2.75, 3.05) is 39.3 Å². The summed E-state index contributed by atoms with van der Waals surface area (Å²) in [7, 11) is 0. The van der Waals surface area contributed by atoms with Crippen molar-refractivity contribution in [1.82, 2.24) is 9.80 Å². The normalized spacial score (nSPS) is 19.9. The molecule has 1 heterocycles. The number of hydrogen-bond donors (Lipinski definition) is 1. The molecule has 0 aromatic carbocycles. The number of carbonyl (C=O) groups is 2. The maximum Gasteiger partial charge on any atom is 0.317 e. The van der Waals surface area contributed by atoms with E-state index in [4.69, 9.17) is 5.11 Å². The van der Waals surface area contributed by atoms with Gasteiger partial charge in [-0.1, -0.05) is 27.2 Å². The van der Waals surface area contributed by atoms with Crippen molar-refractivity contribution >= 4 is 11.8 Å². The summed E-state index contributed by atoms with van der Waals surface area (Å²) < 4.78 is 0. The van der Waals surface area contributed by atoms with Crippen LogP contribution in [0.3, 0.4) is 0 Å². The van der Waals surface area contributed by atoms with Gasteiger partial charge in [-0.3, -0.25) is 19.4 Å². The molecule has 0 bridgehead atoms. The third-order valence-corrected chi connectivity index (χ3v) is 3.74. The van der Waals surface area contributed by atoms with Gasteiger partial charge in [-0.25, -0.2) is 0 Å². The number of rotatable bonds is 4. The highest BCUT2D eigenvalue weighted by molar-refractivity contribution is 5.85. The third-order valence-electron chi connectivity index (χ3n) is 3.74. The predicted octanol–water partition coefficient (Wildman–Crippen LogP) is 1.47. The molecule has 20 heavy (non-hydrogen) atoms. The Morgan fingerprint density at radius 3 is 1.85 bits per heavy atom. The van der Waals surface area contributed by atoms with Crippen LogP contribution in [0.25, 0.3) is 0 Å². The highest BCUT2D eigenvalue weighted by Gasteiger charge is 2.24. The van der Waals surface area contributed by atoms with Crippen LogP contribution in [0.2, 0.25) is 0 Å². The Morgan fingerprint density at radius 2 is 1.40 bits per heavy atom. The van der Waals surface area contributed by atoms with Gasteiger partial charge in [-0.05, 0) is 25.9 Å². The van der Waals surface area contributed by atoms with Crippen LogP contribution in [0, 0.1) is 5.41 Å². The van der Waals surface area contributed by atoms with Gasteiger partial charge in [-0.15, -0.1) is 0 Å². The van der Waals surface area contributed by atoms with Crippen molar-refractivity contribution in [3.8, 4) is 0 Å². The maximum absolute atomic E-state index is 12.1. The number of carboxylic acid groups (broad SMARTS) is 1. The summed E-state index contributed by atoms with van der Waals surface area (Å²) in [4.78, 5) is 27.1. The fourth-order valence-electron chi connectivity index (χ4n) is 2.30. The van der Waals surface area contributed by atoms with E-state index < -0.39 is 5.97 Å². The molecule has 0 aromatic rings. The Morgan fingerprint density at radius 1 is 0.900 bits per heavy atom. The molecule has 1 rings (SSSR count). The van der Waals surface area contributed by atoms with E-state index in [0.717, 1.165) is 45.4 Å². The second-order valence-electron chi connectivity index (χ2n) is 6.68. The van der Waals surface area contributed by atoms with E-state index in [2.05, 4.69) is 4.90 Å². The smallest absolute Gasteiger partial charge is 0.317 e. The first kappa shape index (κ1) is 17.1. The van der Waals surface area contributed by atoms with Crippen LogP contribution in [-0.2, 0) is 9.59 Å². The van der Waals surface area contributed by atoms with E-state index in [0.29, 0.717) is 6.54 Å². The molecule has 1 N–H and O–H groups in total. The van der Waals surface area contributed by atoms with E-state index in [1.165, 1.54) is 0 Å². The molecule has 0 unspecified atom stereocenters. The molecule has 0 amide bonds. The standard InChI is InChI=1S/C15H28N2O3/c1-15(2,3)13(18)11-16-7-5-4-6-8-17(10-9-16)12-14(19)20/h4-12H2,1-3H3,(H,19,20). The van der Waals surface area contributed by atoms with Crippen LogP contribution in [0.1, 0.15) is 40.0 Å². The molecule has 1 aliphatic heterocycles. The molecule has 1 fully saturated rings. The van der Waals surface area contributed by atoms with E-state index >= 15 is 0 Å². The van der Waals surface area contributed by atoms with Gasteiger partial charge >= 0.3 is 5.97 Å². The lowest BCUT2D eigenvalue weighted by atomic mass is 9.90. The Kier molecular flexibility index (Phi) is 6.62.